The number of rotatable bonds is 10. The van der Waals surface area contributed by atoms with E-state index in [-0.39, 0.29) is 33.9 Å². The average molecular weight is 655 g/mol. The molecule has 3 fully saturated rings. The number of piperazine rings is 1. The first-order chi connectivity index (χ1) is 19.1. The molecule has 7 heteroatoms. The molecule has 2 saturated heterocycles. The molecule has 1 aliphatic carbocycles. The fraction of sp³-hybridized carbons (Fsp3) is 0.406. The molecule has 204 valence electrons. The van der Waals surface area contributed by atoms with Crippen molar-refractivity contribution in [2.75, 3.05) is 42.2 Å². The monoisotopic (exact) mass is 654 g/mol. The number of nitrogens with zero attached hydrogens (tertiary/aromatic N) is 3. The Hall–Kier alpha value is -2.31. The third-order valence-electron chi connectivity index (χ3n) is 8.10. The molecule has 0 bridgehead atoms. The molecule has 1 saturated carbocycles. The van der Waals surface area contributed by atoms with Gasteiger partial charge in [0, 0.05) is 0 Å². The van der Waals surface area contributed by atoms with Crippen LogP contribution < -0.4 is 30.8 Å². The van der Waals surface area contributed by atoms with Crippen molar-refractivity contribution < 1.29 is 31.0 Å². The Balaban J connectivity index is 1.33. The summed E-state index contributed by atoms with van der Waals surface area (Å²) in [5.74, 6) is 1.65. The van der Waals surface area contributed by atoms with Gasteiger partial charge in [0.05, 0.1) is 6.07 Å². The van der Waals surface area contributed by atoms with Crippen molar-refractivity contribution >= 4 is 17.3 Å². The molecule has 0 amide bonds. The van der Waals surface area contributed by atoms with Gasteiger partial charge in [0.2, 0.25) is 0 Å². The SMILES string of the molecule is N#Cc1ccc([C@@H](CC2CC2)N2CCN(c3ccc(OCCO)cc3C3C[I-]3)[C@H](c3ccc(Cl)cc3)C2)cc1. The molecule has 1 unspecified atom stereocenters. The van der Waals surface area contributed by atoms with Gasteiger partial charge >= 0.3 is 236 Å². The van der Waals surface area contributed by atoms with E-state index in [0.29, 0.717) is 16.6 Å². The molecule has 5 nitrogen and oxygen atoms in total. The summed E-state index contributed by atoms with van der Waals surface area (Å²) >= 11 is 6.53. The van der Waals surface area contributed by atoms with Crippen LogP contribution in [0.1, 0.15) is 57.5 Å². The Morgan fingerprint density at radius 1 is 1.05 bits per heavy atom. The average Bonchev–Trinajstić information content (AvgIpc) is 3.90. The molecule has 3 aromatic carbocycles. The molecule has 2 aliphatic heterocycles. The van der Waals surface area contributed by atoms with Crippen molar-refractivity contribution in [3.63, 3.8) is 0 Å². The molecule has 6 rings (SSSR count). The third kappa shape index (κ3) is 6.38. The van der Waals surface area contributed by atoms with Gasteiger partial charge in [-0.15, -0.1) is 0 Å². The summed E-state index contributed by atoms with van der Waals surface area (Å²) in [7, 11) is 0. The van der Waals surface area contributed by atoms with E-state index in [9.17, 15) is 10.4 Å². The standard InChI is InChI=1S/C32H34ClIN3O2/c33-26-9-7-25(8-10-26)32-21-36(31(17-22-1-2-22)24-5-3-23(20-35)4-6-24)13-14-37(32)30-12-11-27(39-16-15-38)18-28(30)29-19-34-29/h3-12,18,22,29,31-32,38H,1-2,13-17,19,21H2/q-1/t29?,31-,32+/m1/s1. The number of aliphatic hydroxyl groups is 1. The van der Waals surface area contributed by atoms with E-state index in [1.165, 1.54) is 46.1 Å². The van der Waals surface area contributed by atoms with Crippen LogP contribution in [0.5, 0.6) is 5.75 Å². The molecule has 3 atom stereocenters. The summed E-state index contributed by atoms with van der Waals surface area (Å²) in [5, 5.41) is 19.3. The number of hydrogen-bond donors (Lipinski definition) is 1. The Kier molecular flexibility index (Phi) is 8.31. The van der Waals surface area contributed by atoms with Crippen LogP contribution in [0.15, 0.2) is 66.7 Å². The number of hydrogen-bond acceptors (Lipinski definition) is 5. The van der Waals surface area contributed by atoms with Gasteiger partial charge in [-0.2, -0.15) is 5.26 Å². The van der Waals surface area contributed by atoms with Crippen LogP contribution >= 0.6 is 11.6 Å². The van der Waals surface area contributed by atoms with E-state index in [2.05, 4.69) is 58.3 Å². The Bertz CT molecular complexity index is 1320. The molecule has 39 heavy (non-hydrogen) atoms. The summed E-state index contributed by atoms with van der Waals surface area (Å²) in [5.41, 5.74) is 6.05. The Morgan fingerprint density at radius 2 is 1.82 bits per heavy atom. The van der Waals surface area contributed by atoms with Crippen molar-refractivity contribution in [1.29, 1.82) is 5.26 Å². The summed E-state index contributed by atoms with van der Waals surface area (Å²) in [4.78, 5) is 5.29. The van der Waals surface area contributed by atoms with Gasteiger partial charge in [0.25, 0.3) is 0 Å². The van der Waals surface area contributed by atoms with E-state index in [1.807, 2.05) is 24.3 Å². The Morgan fingerprint density at radius 3 is 2.49 bits per heavy atom. The zero-order chi connectivity index (χ0) is 26.8. The van der Waals surface area contributed by atoms with Gasteiger partial charge < -0.3 is 0 Å². The number of benzene rings is 3. The number of ether oxygens (including phenoxy) is 1. The fourth-order valence-electron chi connectivity index (χ4n) is 5.80. The quantitative estimate of drug-likeness (QED) is 0.269. The second-order valence-electron chi connectivity index (χ2n) is 10.8. The fourth-order valence-corrected chi connectivity index (χ4v) is 7.63. The minimum absolute atomic E-state index is 0.0231. The van der Waals surface area contributed by atoms with Crippen molar-refractivity contribution in [2.24, 2.45) is 5.92 Å². The van der Waals surface area contributed by atoms with E-state index in [1.54, 1.807) is 0 Å². The number of aliphatic hydroxyl groups excluding tert-OH is 1. The van der Waals surface area contributed by atoms with Crippen LogP contribution in [0.4, 0.5) is 5.69 Å². The van der Waals surface area contributed by atoms with Crippen molar-refractivity contribution in [2.45, 2.75) is 35.3 Å². The maximum atomic E-state index is 9.32. The van der Waals surface area contributed by atoms with Crippen molar-refractivity contribution in [3.8, 4) is 11.8 Å². The molecular weight excluding hydrogens is 621 g/mol. The van der Waals surface area contributed by atoms with Crippen LogP contribution in [0.25, 0.3) is 0 Å². The number of halogens is 2. The van der Waals surface area contributed by atoms with Gasteiger partial charge in [-0.3, -0.25) is 0 Å². The molecule has 3 aromatic rings. The summed E-state index contributed by atoms with van der Waals surface area (Å²) in [6, 6.07) is 26.0. The zero-order valence-corrected chi connectivity index (χ0v) is 24.9. The van der Waals surface area contributed by atoms with E-state index in [0.717, 1.165) is 41.9 Å². The van der Waals surface area contributed by atoms with Crippen LogP contribution in [0.2, 0.25) is 5.02 Å². The van der Waals surface area contributed by atoms with Crippen molar-refractivity contribution in [3.05, 3.63) is 94.0 Å². The van der Waals surface area contributed by atoms with Crippen LogP contribution in [-0.4, -0.2) is 47.3 Å². The van der Waals surface area contributed by atoms with Gasteiger partial charge in [0.1, 0.15) is 0 Å². The molecular formula is C32H34ClIN3O2-. The van der Waals surface area contributed by atoms with Crippen LogP contribution in [-0.2, 0) is 0 Å². The first-order valence-electron chi connectivity index (χ1n) is 13.8. The van der Waals surface area contributed by atoms with E-state index in [4.69, 9.17) is 16.3 Å². The Labute approximate surface area is 246 Å². The van der Waals surface area contributed by atoms with Gasteiger partial charge in [-0.05, 0) is 0 Å². The van der Waals surface area contributed by atoms with Crippen molar-refractivity contribution in [1.82, 2.24) is 4.90 Å². The second-order valence-corrected chi connectivity index (χ2v) is 14.5. The molecule has 3 aliphatic rings. The molecule has 0 aromatic heterocycles. The van der Waals surface area contributed by atoms with Gasteiger partial charge in [-0.1, -0.05) is 0 Å². The van der Waals surface area contributed by atoms with Crippen LogP contribution in [0, 0.1) is 17.2 Å². The number of nitriles is 1. The van der Waals surface area contributed by atoms with Gasteiger partial charge in [-0.25, -0.2) is 0 Å². The first-order valence-corrected chi connectivity index (χ1v) is 17.0. The minimum atomic E-state index is 0.0231. The van der Waals surface area contributed by atoms with E-state index >= 15 is 0 Å². The maximum absolute atomic E-state index is 9.32. The zero-order valence-electron chi connectivity index (χ0n) is 22.0. The summed E-state index contributed by atoms with van der Waals surface area (Å²) in [6.45, 7) is 3.21. The van der Waals surface area contributed by atoms with Gasteiger partial charge in [0.15, 0.2) is 0 Å². The predicted octanol–water partition coefficient (Wildman–Crippen LogP) is 3.13. The van der Waals surface area contributed by atoms with Crippen LogP contribution in [0.3, 0.4) is 0 Å². The van der Waals surface area contributed by atoms with E-state index < -0.39 is 0 Å². The molecule has 2 heterocycles. The second kappa shape index (κ2) is 12.1. The molecule has 1 N–H and O–H groups in total. The molecule has 0 spiro atoms. The summed E-state index contributed by atoms with van der Waals surface area (Å²) in [6.07, 6.45) is 3.83. The first kappa shape index (κ1) is 26.9. The summed E-state index contributed by atoms with van der Waals surface area (Å²) < 4.78 is 7.80. The number of anilines is 1. The normalized spacial score (nSPS) is 22.0. The third-order valence-corrected chi connectivity index (χ3v) is 10.8. The predicted molar refractivity (Wildman–Crippen MR) is 151 cm³/mol. The topological polar surface area (TPSA) is 59.7 Å². The molecule has 0 radical (unpaired) electrons. The number of alkyl halides is 2.